The highest BCUT2D eigenvalue weighted by Crippen LogP contribution is 2.39. The Kier molecular flexibility index (Phi) is 5.73. The topological polar surface area (TPSA) is 85.5 Å². The normalized spacial score (nSPS) is 16.4. The van der Waals surface area contributed by atoms with Gasteiger partial charge in [0.1, 0.15) is 11.5 Å². The number of hydrogen-bond acceptors (Lipinski definition) is 7. The maximum absolute atomic E-state index is 10.7. The van der Waals surface area contributed by atoms with Crippen LogP contribution in [0.25, 0.3) is 5.69 Å². The third-order valence-electron chi connectivity index (χ3n) is 5.27. The molecule has 1 N–H and O–H groups in total. The van der Waals surface area contributed by atoms with E-state index in [1.807, 2.05) is 42.5 Å². The molecule has 1 aliphatic rings. The van der Waals surface area contributed by atoms with Crippen LogP contribution in [0.5, 0.6) is 11.5 Å². The smallest absolute Gasteiger partial charge is 0.156 e. The second-order valence-corrected chi connectivity index (χ2v) is 7.06. The molecule has 8 heteroatoms. The Labute approximate surface area is 169 Å². The maximum atomic E-state index is 10.7. The zero-order chi connectivity index (χ0) is 20.2. The Hall–Kier alpha value is -2.97. The predicted octanol–water partition coefficient (Wildman–Crippen LogP) is 2.16. The SMILES string of the molecule is COc1ccc(OC)c2c1CN(CCCc1nnnn1-c1ccccc1)C[C@@H]2O. The molecule has 0 aliphatic carbocycles. The molecule has 2 heterocycles. The Morgan fingerprint density at radius 2 is 1.83 bits per heavy atom. The molecule has 1 aromatic heterocycles. The van der Waals surface area contributed by atoms with Crippen molar-refractivity contribution in [3.05, 3.63) is 59.4 Å². The van der Waals surface area contributed by atoms with E-state index in [2.05, 4.69) is 20.4 Å². The molecule has 1 atom stereocenters. The molecule has 3 aromatic rings. The van der Waals surface area contributed by atoms with Crippen LogP contribution < -0.4 is 9.47 Å². The molecule has 29 heavy (non-hydrogen) atoms. The van der Waals surface area contributed by atoms with Crippen molar-refractivity contribution in [1.29, 1.82) is 0 Å². The molecule has 152 valence electrons. The molecule has 0 saturated carbocycles. The summed E-state index contributed by atoms with van der Waals surface area (Å²) in [7, 11) is 3.27. The van der Waals surface area contributed by atoms with Gasteiger partial charge in [-0.3, -0.25) is 4.90 Å². The lowest BCUT2D eigenvalue weighted by Gasteiger charge is -2.33. The summed E-state index contributed by atoms with van der Waals surface area (Å²) in [5.74, 6) is 2.31. The summed E-state index contributed by atoms with van der Waals surface area (Å²) in [6.07, 6.45) is 1.01. The Morgan fingerprint density at radius 3 is 2.59 bits per heavy atom. The number of para-hydroxylation sites is 1. The minimum absolute atomic E-state index is 0.556. The standard InChI is InChI=1S/C21H25N5O3/c1-28-18-10-11-19(29-2)21-16(18)13-25(14-17(21)27)12-6-9-20-22-23-24-26(20)15-7-4-3-5-8-15/h3-5,7-8,10-11,17,27H,6,9,12-14H2,1-2H3/t17-/m0/s1. The van der Waals surface area contributed by atoms with E-state index in [1.54, 1.807) is 18.9 Å². The number of aliphatic hydroxyl groups is 1. The molecule has 4 rings (SSSR count). The Balaban J connectivity index is 1.44. The highest BCUT2D eigenvalue weighted by atomic mass is 16.5. The van der Waals surface area contributed by atoms with Gasteiger partial charge in [-0.05, 0) is 47.7 Å². The molecule has 0 radical (unpaired) electrons. The Bertz CT molecular complexity index is 960. The summed E-state index contributed by atoms with van der Waals surface area (Å²) < 4.78 is 12.7. The molecule has 0 saturated heterocycles. The van der Waals surface area contributed by atoms with Crippen LogP contribution in [0.3, 0.4) is 0 Å². The van der Waals surface area contributed by atoms with E-state index < -0.39 is 6.10 Å². The lowest BCUT2D eigenvalue weighted by atomic mass is 9.95. The number of methoxy groups -OCH3 is 2. The van der Waals surface area contributed by atoms with Gasteiger partial charge in [-0.25, -0.2) is 0 Å². The molecule has 8 nitrogen and oxygen atoms in total. The van der Waals surface area contributed by atoms with E-state index in [9.17, 15) is 5.11 Å². The molecular weight excluding hydrogens is 370 g/mol. The van der Waals surface area contributed by atoms with Crippen LogP contribution in [0, 0.1) is 0 Å². The number of rotatable bonds is 7. The lowest BCUT2D eigenvalue weighted by Crippen LogP contribution is -2.35. The van der Waals surface area contributed by atoms with Crippen LogP contribution in [0.15, 0.2) is 42.5 Å². The number of fused-ring (bicyclic) bond motifs is 1. The average Bonchev–Trinajstić information content (AvgIpc) is 3.22. The first-order chi connectivity index (χ1) is 14.2. The van der Waals surface area contributed by atoms with E-state index in [0.717, 1.165) is 47.8 Å². The minimum atomic E-state index is -0.613. The molecule has 2 aromatic carbocycles. The van der Waals surface area contributed by atoms with E-state index in [-0.39, 0.29) is 0 Å². The minimum Gasteiger partial charge on any atom is -0.496 e. The number of aromatic nitrogens is 4. The van der Waals surface area contributed by atoms with Gasteiger partial charge in [0.25, 0.3) is 0 Å². The summed E-state index contributed by atoms with van der Waals surface area (Å²) in [6, 6.07) is 13.6. The molecular formula is C21H25N5O3. The molecule has 0 fully saturated rings. The van der Waals surface area contributed by atoms with Gasteiger partial charge in [0.05, 0.1) is 26.0 Å². The van der Waals surface area contributed by atoms with Gasteiger partial charge in [-0.2, -0.15) is 4.68 Å². The third kappa shape index (κ3) is 3.94. The number of nitrogens with zero attached hydrogens (tertiary/aromatic N) is 5. The average molecular weight is 395 g/mol. The number of hydrogen-bond donors (Lipinski definition) is 1. The number of ether oxygens (including phenoxy) is 2. The van der Waals surface area contributed by atoms with Crippen molar-refractivity contribution in [2.75, 3.05) is 27.3 Å². The number of aliphatic hydroxyl groups excluding tert-OH is 1. The van der Waals surface area contributed by atoms with Crippen LogP contribution in [-0.2, 0) is 13.0 Å². The highest BCUT2D eigenvalue weighted by molar-refractivity contribution is 5.51. The first-order valence-electron chi connectivity index (χ1n) is 9.68. The van der Waals surface area contributed by atoms with Gasteiger partial charge in [0.2, 0.25) is 0 Å². The second kappa shape index (κ2) is 8.59. The van der Waals surface area contributed by atoms with Crippen LogP contribution in [0.4, 0.5) is 0 Å². The summed E-state index contributed by atoms with van der Waals surface area (Å²) in [4.78, 5) is 2.23. The fourth-order valence-electron chi connectivity index (χ4n) is 3.91. The first kappa shape index (κ1) is 19.4. The highest BCUT2D eigenvalue weighted by Gasteiger charge is 2.29. The van der Waals surface area contributed by atoms with Gasteiger partial charge in [-0.15, -0.1) is 5.10 Å². The van der Waals surface area contributed by atoms with E-state index in [4.69, 9.17) is 9.47 Å². The molecule has 1 aliphatic heterocycles. The summed E-state index contributed by atoms with van der Waals surface area (Å²) in [5, 5.41) is 22.8. The van der Waals surface area contributed by atoms with Crippen molar-refractivity contribution in [1.82, 2.24) is 25.1 Å². The molecule has 0 unspecified atom stereocenters. The quantitative estimate of drug-likeness (QED) is 0.656. The van der Waals surface area contributed by atoms with E-state index >= 15 is 0 Å². The van der Waals surface area contributed by atoms with Gasteiger partial charge in [0.15, 0.2) is 5.82 Å². The van der Waals surface area contributed by atoms with Gasteiger partial charge in [-0.1, -0.05) is 18.2 Å². The van der Waals surface area contributed by atoms with Crippen molar-refractivity contribution in [2.24, 2.45) is 0 Å². The molecule has 0 bridgehead atoms. The maximum Gasteiger partial charge on any atom is 0.156 e. The number of benzene rings is 2. The predicted molar refractivity (Wildman–Crippen MR) is 107 cm³/mol. The number of aryl methyl sites for hydroxylation is 1. The summed E-state index contributed by atoms with van der Waals surface area (Å²) >= 11 is 0. The lowest BCUT2D eigenvalue weighted by molar-refractivity contribution is 0.0877. The largest absolute Gasteiger partial charge is 0.496 e. The number of tetrazole rings is 1. The number of β-amino-alcohol motifs (C(OH)–C–C–N with tert-alkyl or cyclic N) is 1. The van der Waals surface area contributed by atoms with Gasteiger partial charge >= 0.3 is 0 Å². The zero-order valence-corrected chi connectivity index (χ0v) is 16.7. The first-order valence-corrected chi connectivity index (χ1v) is 9.68. The van der Waals surface area contributed by atoms with Crippen LogP contribution in [0.2, 0.25) is 0 Å². The summed E-state index contributed by atoms with van der Waals surface area (Å²) in [6.45, 7) is 2.08. The van der Waals surface area contributed by atoms with Gasteiger partial charge < -0.3 is 14.6 Å². The second-order valence-electron chi connectivity index (χ2n) is 7.06. The Morgan fingerprint density at radius 1 is 1.07 bits per heavy atom. The molecule has 0 spiro atoms. The fraction of sp³-hybridized carbons (Fsp3) is 0.381. The van der Waals surface area contributed by atoms with E-state index in [1.165, 1.54) is 0 Å². The monoisotopic (exact) mass is 395 g/mol. The van der Waals surface area contributed by atoms with Crippen molar-refractivity contribution < 1.29 is 14.6 Å². The van der Waals surface area contributed by atoms with Crippen molar-refractivity contribution in [2.45, 2.75) is 25.5 Å². The van der Waals surface area contributed by atoms with Crippen LogP contribution in [-0.4, -0.2) is 57.5 Å². The third-order valence-corrected chi connectivity index (χ3v) is 5.27. The fourth-order valence-corrected chi connectivity index (χ4v) is 3.91. The van der Waals surface area contributed by atoms with Crippen molar-refractivity contribution in [3.63, 3.8) is 0 Å². The van der Waals surface area contributed by atoms with E-state index in [0.29, 0.717) is 18.8 Å². The van der Waals surface area contributed by atoms with Gasteiger partial charge in [0, 0.05) is 30.6 Å². The molecule has 0 amide bonds. The van der Waals surface area contributed by atoms with Crippen LogP contribution >= 0.6 is 0 Å². The van der Waals surface area contributed by atoms with Crippen molar-refractivity contribution >= 4 is 0 Å². The van der Waals surface area contributed by atoms with Crippen molar-refractivity contribution in [3.8, 4) is 17.2 Å². The summed E-state index contributed by atoms with van der Waals surface area (Å²) in [5.41, 5.74) is 2.77. The zero-order valence-electron chi connectivity index (χ0n) is 16.7. The van der Waals surface area contributed by atoms with Crippen LogP contribution in [0.1, 0.15) is 29.5 Å².